The Hall–Kier alpha value is -2.24. The van der Waals surface area contributed by atoms with Gasteiger partial charge in [-0.2, -0.15) is 0 Å². The van der Waals surface area contributed by atoms with Crippen molar-refractivity contribution in [3.8, 4) is 0 Å². The molecule has 0 saturated heterocycles. The number of fused-ring (bicyclic) bond motifs is 3. The first-order chi connectivity index (χ1) is 10.7. The van der Waals surface area contributed by atoms with E-state index in [0.29, 0.717) is 11.0 Å². The number of thiazole rings is 1. The van der Waals surface area contributed by atoms with Crippen molar-refractivity contribution in [1.29, 1.82) is 0 Å². The van der Waals surface area contributed by atoms with Crippen molar-refractivity contribution in [3.63, 3.8) is 0 Å². The van der Waals surface area contributed by atoms with Crippen LogP contribution < -0.4 is 0 Å². The molecule has 0 amide bonds. The molecule has 0 bridgehead atoms. The standard InChI is InChI=1S/C16H11ClN4S/c1-10-2-7-13-14(8-10)22-16-20-19-15(21(13)16)18-9-11-3-5-12(17)6-4-11/h2-9H,1H3/b18-9-. The third-order valence-electron chi connectivity index (χ3n) is 3.37. The molecule has 0 aliphatic carbocycles. The van der Waals surface area contributed by atoms with Crippen LogP contribution in [0.25, 0.3) is 15.2 Å². The summed E-state index contributed by atoms with van der Waals surface area (Å²) in [7, 11) is 0. The summed E-state index contributed by atoms with van der Waals surface area (Å²) in [5.41, 5.74) is 3.28. The van der Waals surface area contributed by atoms with Crippen LogP contribution in [0.3, 0.4) is 0 Å². The number of rotatable bonds is 2. The number of hydrogen-bond donors (Lipinski definition) is 0. The van der Waals surface area contributed by atoms with Gasteiger partial charge in [-0.05, 0) is 42.3 Å². The molecule has 2 aromatic heterocycles. The Morgan fingerprint density at radius 3 is 2.77 bits per heavy atom. The number of benzene rings is 2. The van der Waals surface area contributed by atoms with E-state index in [1.165, 1.54) is 10.3 Å². The predicted octanol–water partition coefficient (Wildman–Crippen LogP) is 4.66. The topological polar surface area (TPSA) is 42.5 Å². The number of aromatic nitrogens is 3. The van der Waals surface area contributed by atoms with E-state index in [1.807, 2.05) is 28.7 Å². The molecular weight excluding hydrogens is 316 g/mol. The molecule has 0 fully saturated rings. The molecule has 22 heavy (non-hydrogen) atoms. The zero-order valence-electron chi connectivity index (χ0n) is 11.7. The Bertz CT molecular complexity index is 998. The molecule has 6 heteroatoms. The number of halogens is 1. The van der Waals surface area contributed by atoms with Crippen LogP contribution in [0.4, 0.5) is 5.95 Å². The van der Waals surface area contributed by atoms with Gasteiger partial charge in [-0.15, -0.1) is 10.2 Å². The van der Waals surface area contributed by atoms with Crippen molar-refractivity contribution in [2.45, 2.75) is 6.92 Å². The largest absolute Gasteiger partial charge is 0.256 e. The number of aliphatic imine (C=N–C) groups is 1. The van der Waals surface area contributed by atoms with Crippen LogP contribution in [0.2, 0.25) is 5.02 Å². The van der Waals surface area contributed by atoms with Crippen molar-refractivity contribution in [3.05, 3.63) is 58.6 Å². The SMILES string of the molecule is Cc1ccc2c(c1)sc1nnc(/N=C\c3ccc(Cl)cc3)n12. The van der Waals surface area contributed by atoms with Crippen molar-refractivity contribution in [2.75, 3.05) is 0 Å². The molecule has 0 atom stereocenters. The molecular formula is C16H11ClN4S. The quantitative estimate of drug-likeness (QED) is 0.503. The van der Waals surface area contributed by atoms with Crippen molar-refractivity contribution in [1.82, 2.24) is 14.6 Å². The normalized spacial score (nSPS) is 11.9. The van der Waals surface area contributed by atoms with Crippen LogP contribution in [-0.2, 0) is 0 Å². The van der Waals surface area contributed by atoms with Gasteiger partial charge in [-0.3, -0.25) is 0 Å². The average molecular weight is 327 g/mol. The van der Waals surface area contributed by atoms with Gasteiger partial charge in [0.25, 0.3) is 5.95 Å². The van der Waals surface area contributed by atoms with Gasteiger partial charge in [0.05, 0.1) is 10.2 Å². The molecule has 4 aromatic rings. The highest BCUT2D eigenvalue weighted by Gasteiger charge is 2.11. The number of hydrogen-bond acceptors (Lipinski definition) is 4. The van der Waals surface area contributed by atoms with Crippen molar-refractivity contribution < 1.29 is 0 Å². The Morgan fingerprint density at radius 2 is 1.95 bits per heavy atom. The Kier molecular flexibility index (Phi) is 3.17. The molecule has 2 heterocycles. The van der Waals surface area contributed by atoms with Gasteiger partial charge in [-0.25, -0.2) is 9.39 Å². The van der Waals surface area contributed by atoms with Gasteiger partial charge in [0.15, 0.2) is 0 Å². The van der Waals surface area contributed by atoms with Gasteiger partial charge in [0.1, 0.15) is 0 Å². The second kappa shape index (κ2) is 5.19. The minimum absolute atomic E-state index is 0.583. The van der Waals surface area contributed by atoms with Crippen LogP contribution in [0.1, 0.15) is 11.1 Å². The van der Waals surface area contributed by atoms with Gasteiger partial charge in [0.2, 0.25) is 4.96 Å². The molecule has 0 spiro atoms. The molecule has 4 rings (SSSR count). The third kappa shape index (κ3) is 2.28. The second-order valence-corrected chi connectivity index (χ2v) is 6.45. The van der Waals surface area contributed by atoms with E-state index in [2.05, 4.69) is 40.3 Å². The first-order valence-corrected chi connectivity index (χ1v) is 7.94. The summed E-state index contributed by atoms with van der Waals surface area (Å²) in [6.07, 6.45) is 1.77. The zero-order valence-corrected chi connectivity index (χ0v) is 13.3. The maximum Gasteiger partial charge on any atom is 0.256 e. The summed E-state index contributed by atoms with van der Waals surface area (Å²) in [5, 5.41) is 9.08. The molecule has 108 valence electrons. The first kappa shape index (κ1) is 13.4. The summed E-state index contributed by atoms with van der Waals surface area (Å²) < 4.78 is 3.17. The van der Waals surface area contributed by atoms with Crippen LogP contribution in [0.15, 0.2) is 47.5 Å². The third-order valence-corrected chi connectivity index (χ3v) is 4.62. The lowest BCUT2D eigenvalue weighted by atomic mass is 10.2. The van der Waals surface area contributed by atoms with E-state index in [4.69, 9.17) is 11.6 Å². The summed E-state index contributed by atoms with van der Waals surface area (Å²) in [5.74, 6) is 0.583. The van der Waals surface area contributed by atoms with Gasteiger partial charge in [0, 0.05) is 11.2 Å². The van der Waals surface area contributed by atoms with Crippen molar-refractivity contribution >= 4 is 50.3 Å². The Morgan fingerprint density at radius 1 is 1.14 bits per heavy atom. The molecule has 0 radical (unpaired) electrons. The lowest BCUT2D eigenvalue weighted by Gasteiger charge is -1.95. The summed E-state index contributed by atoms with van der Waals surface area (Å²) in [4.78, 5) is 5.32. The molecule has 0 aliphatic heterocycles. The van der Waals surface area contributed by atoms with Crippen LogP contribution in [0, 0.1) is 6.92 Å². The Balaban J connectivity index is 1.81. The molecule has 0 saturated carbocycles. The highest BCUT2D eigenvalue weighted by atomic mass is 35.5. The second-order valence-electron chi connectivity index (χ2n) is 5.00. The fraction of sp³-hybridized carbons (Fsp3) is 0.0625. The minimum Gasteiger partial charge on any atom is -0.250 e. The van der Waals surface area contributed by atoms with Crippen molar-refractivity contribution in [2.24, 2.45) is 4.99 Å². The molecule has 0 unspecified atom stereocenters. The summed E-state index contributed by atoms with van der Waals surface area (Å²) in [6, 6.07) is 13.8. The van der Waals surface area contributed by atoms with Gasteiger partial charge in [-0.1, -0.05) is 41.1 Å². The van der Waals surface area contributed by atoms with Crippen LogP contribution in [-0.4, -0.2) is 20.8 Å². The minimum atomic E-state index is 0.583. The lowest BCUT2D eigenvalue weighted by molar-refractivity contribution is 1.09. The van der Waals surface area contributed by atoms with E-state index in [9.17, 15) is 0 Å². The number of nitrogens with zero attached hydrogens (tertiary/aromatic N) is 4. The summed E-state index contributed by atoms with van der Waals surface area (Å²) >= 11 is 7.50. The Labute approximate surface area is 135 Å². The van der Waals surface area contributed by atoms with Crippen LogP contribution in [0.5, 0.6) is 0 Å². The van der Waals surface area contributed by atoms with Gasteiger partial charge < -0.3 is 0 Å². The zero-order chi connectivity index (χ0) is 15.1. The maximum absolute atomic E-state index is 5.88. The van der Waals surface area contributed by atoms with E-state index in [0.717, 1.165) is 16.0 Å². The van der Waals surface area contributed by atoms with Crippen LogP contribution >= 0.6 is 22.9 Å². The maximum atomic E-state index is 5.88. The predicted molar refractivity (Wildman–Crippen MR) is 91.8 cm³/mol. The summed E-state index contributed by atoms with van der Waals surface area (Å²) in [6.45, 7) is 2.08. The molecule has 4 nitrogen and oxygen atoms in total. The fourth-order valence-corrected chi connectivity index (χ4v) is 3.47. The van der Waals surface area contributed by atoms with Gasteiger partial charge >= 0.3 is 0 Å². The molecule has 2 aromatic carbocycles. The molecule has 0 aliphatic rings. The monoisotopic (exact) mass is 326 g/mol. The smallest absolute Gasteiger partial charge is 0.250 e. The van der Waals surface area contributed by atoms with E-state index >= 15 is 0 Å². The fourth-order valence-electron chi connectivity index (χ4n) is 2.29. The highest BCUT2D eigenvalue weighted by molar-refractivity contribution is 7.23. The van der Waals surface area contributed by atoms with E-state index < -0.39 is 0 Å². The van der Waals surface area contributed by atoms with E-state index in [-0.39, 0.29) is 0 Å². The van der Waals surface area contributed by atoms with E-state index in [1.54, 1.807) is 17.6 Å². The lowest BCUT2D eigenvalue weighted by Crippen LogP contribution is -1.84. The molecule has 0 N–H and O–H groups in total. The average Bonchev–Trinajstić information content (AvgIpc) is 3.05. The first-order valence-electron chi connectivity index (χ1n) is 6.75. The number of aryl methyl sites for hydroxylation is 1. The highest BCUT2D eigenvalue weighted by Crippen LogP contribution is 2.29.